The van der Waals surface area contributed by atoms with Crippen LogP contribution in [0.1, 0.15) is 47.2 Å². The number of hydrogen-bond acceptors (Lipinski definition) is 7. The number of amides is 1. The van der Waals surface area contributed by atoms with Gasteiger partial charge in [0, 0.05) is 22.4 Å². The van der Waals surface area contributed by atoms with E-state index < -0.39 is 5.92 Å². The third-order valence-electron chi connectivity index (χ3n) is 5.90. The monoisotopic (exact) mass is 511 g/mol. The normalized spacial score (nSPS) is 15.1. The number of anilines is 1. The molecule has 3 aromatic rings. The summed E-state index contributed by atoms with van der Waals surface area (Å²) in [5, 5.41) is 16.4. The SMILES string of the molecule is CC(=O)C1=C(C)NC(SCC(=O)Nc2ccccc2C(=O)c2ccccc2)=C(C#N)C1c1ccc(C)o1. The van der Waals surface area contributed by atoms with Crippen molar-refractivity contribution in [3.63, 3.8) is 0 Å². The molecule has 0 radical (unpaired) electrons. The van der Waals surface area contributed by atoms with Gasteiger partial charge in [0.25, 0.3) is 0 Å². The lowest BCUT2D eigenvalue weighted by atomic mass is 9.84. The molecular formula is C29H25N3O4S. The van der Waals surface area contributed by atoms with E-state index in [9.17, 15) is 19.6 Å². The number of aryl methyl sites for hydroxylation is 1. The largest absolute Gasteiger partial charge is 0.465 e. The molecule has 37 heavy (non-hydrogen) atoms. The molecule has 0 aliphatic carbocycles. The molecule has 1 unspecified atom stereocenters. The number of Topliss-reactive ketones (excluding diaryl/α,β-unsaturated/α-hetero) is 1. The second kappa shape index (κ2) is 11.1. The highest BCUT2D eigenvalue weighted by atomic mass is 32.2. The number of nitrogens with zero attached hydrogens (tertiary/aromatic N) is 1. The number of hydrogen-bond donors (Lipinski definition) is 2. The number of dihydropyridines is 1. The number of ketones is 2. The van der Waals surface area contributed by atoms with E-state index >= 15 is 0 Å². The third kappa shape index (κ3) is 5.57. The highest BCUT2D eigenvalue weighted by Crippen LogP contribution is 2.41. The fourth-order valence-electron chi connectivity index (χ4n) is 4.25. The maximum atomic E-state index is 13.0. The molecule has 4 rings (SSSR count). The molecule has 0 spiro atoms. The van der Waals surface area contributed by atoms with E-state index in [1.165, 1.54) is 6.92 Å². The Bertz CT molecular complexity index is 1480. The molecule has 0 bridgehead atoms. The summed E-state index contributed by atoms with van der Waals surface area (Å²) in [6.45, 7) is 5.02. The summed E-state index contributed by atoms with van der Waals surface area (Å²) in [6, 6.07) is 21.4. The lowest BCUT2D eigenvalue weighted by Crippen LogP contribution is -2.27. The number of nitriles is 1. The second-order valence-corrected chi connectivity index (χ2v) is 9.52. The average Bonchev–Trinajstić information content (AvgIpc) is 3.33. The number of benzene rings is 2. The summed E-state index contributed by atoms with van der Waals surface area (Å²) in [5.74, 6) is -0.213. The first kappa shape index (κ1) is 25.7. The molecule has 1 aliphatic rings. The van der Waals surface area contributed by atoms with Crippen molar-refractivity contribution in [2.24, 2.45) is 0 Å². The molecule has 0 saturated heterocycles. The van der Waals surface area contributed by atoms with Gasteiger partial charge in [-0.1, -0.05) is 54.2 Å². The minimum Gasteiger partial charge on any atom is -0.465 e. The van der Waals surface area contributed by atoms with Gasteiger partial charge in [0.15, 0.2) is 11.6 Å². The van der Waals surface area contributed by atoms with Crippen LogP contribution in [-0.4, -0.2) is 23.2 Å². The van der Waals surface area contributed by atoms with Crippen molar-refractivity contribution in [1.82, 2.24) is 5.32 Å². The quantitative estimate of drug-likeness (QED) is 0.385. The van der Waals surface area contributed by atoms with Crippen molar-refractivity contribution in [3.8, 4) is 6.07 Å². The molecule has 2 heterocycles. The van der Waals surface area contributed by atoms with Gasteiger partial charge in [-0.15, -0.1) is 0 Å². The molecular weight excluding hydrogens is 486 g/mol. The maximum Gasteiger partial charge on any atom is 0.234 e. The number of rotatable bonds is 8. The summed E-state index contributed by atoms with van der Waals surface area (Å²) in [6.07, 6.45) is 0. The average molecular weight is 512 g/mol. The minimum absolute atomic E-state index is 0.0199. The Morgan fingerprint density at radius 3 is 2.38 bits per heavy atom. The van der Waals surface area contributed by atoms with Crippen LogP contribution in [0.4, 0.5) is 5.69 Å². The molecule has 1 amide bonds. The molecule has 8 heteroatoms. The number of nitrogens with one attached hydrogen (secondary N) is 2. The van der Waals surface area contributed by atoms with Crippen molar-refractivity contribution in [2.75, 3.05) is 11.1 Å². The number of allylic oxidation sites excluding steroid dienone is 3. The zero-order valence-electron chi connectivity index (χ0n) is 20.6. The Balaban J connectivity index is 1.55. The molecule has 7 nitrogen and oxygen atoms in total. The van der Waals surface area contributed by atoms with Crippen molar-refractivity contribution >= 4 is 34.9 Å². The zero-order chi connectivity index (χ0) is 26.5. The Morgan fingerprint density at radius 1 is 1.03 bits per heavy atom. The number of thioether (sulfide) groups is 1. The first-order valence-corrected chi connectivity index (χ1v) is 12.6. The van der Waals surface area contributed by atoms with Crippen LogP contribution in [0.15, 0.2) is 93.0 Å². The minimum atomic E-state index is -0.660. The summed E-state index contributed by atoms with van der Waals surface area (Å²) < 4.78 is 5.79. The van der Waals surface area contributed by atoms with E-state index in [0.29, 0.717) is 50.2 Å². The van der Waals surface area contributed by atoms with Gasteiger partial charge in [0.05, 0.1) is 34.0 Å². The predicted molar refractivity (Wildman–Crippen MR) is 143 cm³/mol. The van der Waals surface area contributed by atoms with Gasteiger partial charge in [-0.25, -0.2) is 0 Å². The summed E-state index contributed by atoms with van der Waals surface area (Å²) in [5.41, 5.74) is 2.68. The number of carbonyl (C=O) groups excluding carboxylic acids is 3. The van der Waals surface area contributed by atoms with Crippen LogP contribution in [0.25, 0.3) is 0 Å². The van der Waals surface area contributed by atoms with Crippen molar-refractivity contribution < 1.29 is 18.8 Å². The van der Waals surface area contributed by atoms with E-state index in [0.717, 1.165) is 11.8 Å². The van der Waals surface area contributed by atoms with Crippen LogP contribution in [0.2, 0.25) is 0 Å². The molecule has 2 aromatic carbocycles. The Kier molecular flexibility index (Phi) is 7.75. The predicted octanol–water partition coefficient (Wildman–Crippen LogP) is 5.48. The highest BCUT2D eigenvalue weighted by Gasteiger charge is 2.35. The van der Waals surface area contributed by atoms with Gasteiger partial charge in [0.2, 0.25) is 5.91 Å². The van der Waals surface area contributed by atoms with Crippen LogP contribution in [0.3, 0.4) is 0 Å². The van der Waals surface area contributed by atoms with Gasteiger partial charge in [-0.3, -0.25) is 14.4 Å². The molecule has 1 aromatic heterocycles. The summed E-state index contributed by atoms with van der Waals surface area (Å²) >= 11 is 1.15. The summed E-state index contributed by atoms with van der Waals surface area (Å²) in [4.78, 5) is 38.3. The van der Waals surface area contributed by atoms with Crippen LogP contribution in [-0.2, 0) is 9.59 Å². The fourth-order valence-corrected chi connectivity index (χ4v) is 5.14. The molecule has 2 N–H and O–H groups in total. The maximum absolute atomic E-state index is 13.0. The molecule has 186 valence electrons. The van der Waals surface area contributed by atoms with Crippen molar-refractivity contribution in [3.05, 3.63) is 111 Å². The number of para-hydroxylation sites is 1. The van der Waals surface area contributed by atoms with E-state index in [1.54, 1.807) is 74.5 Å². The topological polar surface area (TPSA) is 112 Å². The first-order valence-electron chi connectivity index (χ1n) is 11.6. The smallest absolute Gasteiger partial charge is 0.234 e. The lowest BCUT2D eigenvalue weighted by Gasteiger charge is -2.27. The number of furan rings is 1. The van der Waals surface area contributed by atoms with Crippen LogP contribution >= 0.6 is 11.8 Å². The Hall–Kier alpha value is -4.35. The van der Waals surface area contributed by atoms with Gasteiger partial charge in [-0.2, -0.15) is 5.26 Å². The number of carbonyl (C=O) groups is 3. The Labute approximate surface area is 219 Å². The van der Waals surface area contributed by atoms with Gasteiger partial charge < -0.3 is 15.1 Å². The van der Waals surface area contributed by atoms with E-state index in [4.69, 9.17) is 4.42 Å². The van der Waals surface area contributed by atoms with Crippen molar-refractivity contribution in [1.29, 1.82) is 5.26 Å². The fraction of sp³-hybridized carbons (Fsp3) is 0.172. The van der Waals surface area contributed by atoms with Gasteiger partial charge in [-0.05, 0) is 45.0 Å². The standard InChI is InChI=1S/C29H25N3O4S/c1-17-13-14-24(36-17)27-22(15-30)29(31-18(2)26(27)19(3)33)37-16-25(34)32-23-12-8-7-11-21(23)28(35)20-9-5-4-6-10-20/h4-14,27,31H,16H2,1-3H3,(H,32,34). The van der Waals surface area contributed by atoms with E-state index in [1.807, 2.05) is 6.07 Å². The van der Waals surface area contributed by atoms with Gasteiger partial charge in [0.1, 0.15) is 11.5 Å². The lowest BCUT2D eigenvalue weighted by molar-refractivity contribution is -0.114. The zero-order valence-corrected chi connectivity index (χ0v) is 21.4. The van der Waals surface area contributed by atoms with Gasteiger partial charge >= 0.3 is 0 Å². The molecule has 0 fully saturated rings. The molecule has 1 aliphatic heterocycles. The van der Waals surface area contributed by atoms with Crippen LogP contribution in [0.5, 0.6) is 0 Å². The van der Waals surface area contributed by atoms with Crippen LogP contribution < -0.4 is 10.6 Å². The summed E-state index contributed by atoms with van der Waals surface area (Å²) in [7, 11) is 0. The Morgan fingerprint density at radius 2 is 1.73 bits per heavy atom. The van der Waals surface area contributed by atoms with E-state index in [-0.39, 0.29) is 23.2 Å². The third-order valence-corrected chi connectivity index (χ3v) is 6.92. The highest BCUT2D eigenvalue weighted by molar-refractivity contribution is 8.03. The molecule has 0 saturated carbocycles. The first-order chi connectivity index (χ1) is 17.8. The van der Waals surface area contributed by atoms with Crippen molar-refractivity contribution in [2.45, 2.75) is 26.7 Å². The van der Waals surface area contributed by atoms with Crippen LogP contribution in [0, 0.1) is 18.3 Å². The molecule has 1 atom stereocenters. The van der Waals surface area contributed by atoms with E-state index in [2.05, 4.69) is 16.7 Å². The second-order valence-electron chi connectivity index (χ2n) is 8.53.